The van der Waals surface area contributed by atoms with Crippen molar-refractivity contribution in [3.63, 3.8) is 0 Å². The summed E-state index contributed by atoms with van der Waals surface area (Å²) in [5, 5.41) is 3.64. The normalized spacial score (nSPS) is 23.6. The lowest BCUT2D eigenvalue weighted by atomic mass is 9.99. The van der Waals surface area contributed by atoms with Crippen LogP contribution < -0.4 is 14.8 Å². The lowest BCUT2D eigenvalue weighted by Crippen LogP contribution is -2.35. The highest BCUT2D eigenvalue weighted by atomic mass is 16.5. The van der Waals surface area contributed by atoms with E-state index in [0.29, 0.717) is 23.1 Å². The second-order valence-corrected chi connectivity index (χ2v) is 7.22. The molecule has 1 atom stereocenters. The zero-order chi connectivity index (χ0) is 17.2. The summed E-state index contributed by atoms with van der Waals surface area (Å²) in [4.78, 5) is 14.0. The van der Waals surface area contributed by atoms with Gasteiger partial charge in [-0.1, -0.05) is 18.9 Å². The van der Waals surface area contributed by atoms with Gasteiger partial charge in [-0.3, -0.25) is 4.90 Å². The van der Waals surface area contributed by atoms with Gasteiger partial charge < -0.3 is 14.8 Å². The summed E-state index contributed by atoms with van der Waals surface area (Å²) in [5.41, 5.74) is 2.61. The third-order valence-corrected chi connectivity index (χ3v) is 5.69. The molecule has 134 valence electrons. The predicted octanol–water partition coefficient (Wildman–Crippen LogP) is 2.76. The number of benzene rings is 1. The minimum Gasteiger partial charge on any atom is -0.493 e. The van der Waals surface area contributed by atoms with Crippen LogP contribution in [-0.4, -0.2) is 43.3 Å². The Morgan fingerprint density at radius 2 is 2.00 bits per heavy atom. The Hall–Kier alpha value is -1.81. The molecule has 1 N–H and O–H groups in total. The molecule has 1 unspecified atom stereocenters. The molecule has 0 radical (unpaired) electrons. The highest BCUT2D eigenvalue weighted by Crippen LogP contribution is 2.46. The van der Waals surface area contributed by atoms with Crippen molar-refractivity contribution in [2.24, 2.45) is 0 Å². The van der Waals surface area contributed by atoms with Crippen LogP contribution in [0.1, 0.15) is 49.7 Å². The van der Waals surface area contributed by atoms with E-state index < -0.39 is 0 Å². The number of rotatable bonds is 5. The maximum atomic E-state index is 11.8. The van der Waals surface area contributed by atoms with Crippen LogP contribution >= 0.6 is 0 Å². The first kappa shape index (κ1) is 16.6. The van der Waals surface area contributed by atoms with Crippen LogP contribution in [0.2, 0.25) is 0 Å². The van der Waals surface area contributed by atoms with Crippen molar-refractivity contribution in [1.82, 2.24) is 10.2 Å². The first-order valence-electron chi connectivity index (χ1n) is 9.41. The molecular weight excluding hydrogens is 316 g/mol. The van der Waals surface area contributed by atoms with Crippen LogP contribution in [0.15, 0.2) is 12.1 Å². The highest BCUT2D eigenvalue weighted by molar-refractivity contribution is 5.96. The van der Waals surface area contributed by atoms with Crippen molar-refractivity contribution in [1.29, 1.82) is 0 Å². The quantitative estimate of drug-likeness (QED) is 0.834. The summed E-state index contributed by atoms with van der Waals surface area (Å²) in [6, 6.07) is 4.57. The number of fused-ring (bicyclic) bond motifs is 1. The van der Waals surface area contributed by atoms with E-state index in [-0.39, 0.29) is 6.23 Å². The Balaban J connectivity index is 1.64. The zero-order valence-corrected chi connectivity index (χ0v) is 14.8. The van der Waals surface area contributed by atoms with Crippen LogP contribution in [-0.2, 0) is 11.3 Å². The van der Waals surface area contributed by atoms with Crippen LogP contribution in [0.3, 0.4) is 0 Å². The van der Waals surface area contributed by atoms with Gasteiger partial charge in [0.1, 0.15) is 11.5 Å². The number of hydrogen-bond donors (Lipinski definition) is 1. The van der Waals surface area contributed by atoms with Crippen molar-refractivity contribution in [3.8, 4) is 11.5 Å². The van der Waals surface area contributed by atoms with Gasteiger partial charge >= 0.3 is 0 Å². The molecule has 5 nitrogen and oxygen atoms in total. The molecule has 5 heteroatoms. The van der Waals surface area contributed by atoms with Crippen LogP contribution in [0, 0.1) is 0 Å². The van der Waals surface area contributed by atoms with Crippen molar-refractivity contribution < 1.29 is 14.3 Å². The maximum absolute atomic E-state index is 11.8. The monoisotopic (exact) mass is 342 g/mol. The lowest BCUT2D eigenvalue weighted by Gasteiger charge is -2.22. The Kier molecular flexibility index (Phi) is 4.80. The van der Waals surface area contributed by atoms with Crippen molar-refractivity contribution in [2.45, 2.75) is 57.3 Å². The van der Waals surface area contributed by atoms with E-state index in [1.807, 2.05) is 12.1 Å². The third kappa shape index (κ3) is 3.08. The van der Waals surface area contributed by atoms with Gasteiger partial charge in [0, 0.05) is 31.2 Å². The molecule has 0 bridgehead atoms. The number of ether oxygens (including phenoxy) is 2. The SMILES string of the molecule is COc1ccc(CNC2CCCC2)c2c1OC(N1CCCC1)C2=C=O. The van der Waals surface area contributed by atoms with Gasteiger partial charge in [0.2, 0.25) is 0 Å². The second-order valence-electron chi connectivity index (χ2n) is 7.22. The Morgan fingerprint density at radius 1 is 1.24 bits per heavy atom. The van der Waals surface area contributed by atoms with Gasteiger partial charge in [0.15, 0.2) is 17.7 Å². The molecular formula is C20H26N2O3. The number of likely N-dealkylation sites (tertiary alicyclic amines) is 1. The molecule has 1 aliphatic carbocycles. The van der Waals surface area contributed by atoms with Crippen LogP contribution in [0.25, 0.3) is 5.57 Å². The van der Waals surface area contributed by atoms with Crippen molar-refractivity contribution in [2.75, 3.05) is 20.2 Å². The van der Waals surface area contributed by atoms with Crippen LogP contribution in [0.5, 0.6) is 11.5 Å². The lowest BCUT2D eigenvalue weighted by molar-refractivity contribution is 0.101. The summed E-state index contributed by atoms with van der Waals surface area (Å²) < 4.78 is 11.7. The minimum absolute atomic E-state index is 0.323. The molecule has 0 aromatic heterocycles. The smallest absolute Gasteiger partial charge is 0.190 e. The van der Waals surface area contributed by atoms with Gasteiger partial charge in [-0.25, -0.2) is 4.79 Å². The first-order chi connectivity index (χ1) is 12.3. The van der Waals surface area contributed by atoms with Crippen molar-refractivity contribution in [3.05, 3.63) is 23.3 Å². The minimum atomic E-state index is -0.323. The second kappa shape index (κ2) is 7.20. The van der Waals surface area contributed by atoms with Crippen LogP contribution in [0.4, 0.5) is 0 Å². The molecule has 3 aliphatic rings. The Morgan fingerprint density at radius 3 is 2.68 bits per heavy atom. The average Bonchev–Trinajstić information content (AvgIpc) is 3.39. The summed E-state index contributed by atoms with van der Waals surface area (Å²) in [6.07, 6.45) is 7.06. The fraction of sp³-hybridized carbons (Fsp3) is 0.600. The molecule has 2 aliphatic heterocycles. The standard InChI is InChI=1S/C20H26N2O3/c1-24-17-9-8-14(12-21-15-6-2-3-7-15)18-16(13-23)20(25-19(17)18)22-10-4-5-11-22/h8-9,15,20-21H,2-7,10-12H2,1H3. The van der Waals surface area contributed by atoms with Gasteiger partial charge in [-0.05, 0) is 37.3 Å². The summed E-state index contributed by atoms with van der Waals surface area (Å²) in [5.74, 6) is 3.57. The highest BCUT2D eigenvalue weighted by Gasteiger charge is 2.39. The van der Waals surface area contributed by atoms with E-state index in [2.05, 4.69) is 16.2 Å². The van der Waals surface area contributed by atoms with Gasteiger partial charge in [-0.2, -0.15) is 0 Å². The van der Waals surface area contributed by atoms with E-state index >= 15 is 0 Å². The fourth-order valence-corrected chi connectivity index (χ4v) is 4.34. The van der Waals surface area contributed by atoms with Crippen molar-refractivity contribution >= 4 is 11.5 Å². The molecule has 2 heterocycles. The molecule has 0 amide bonds. The Bertz CT molecular complexity index is 684. The first-order valence-corrected chi connectivity index (χ1v) is 9.41. The topological polar surface area (TPSA) is 50.8 Å². The number of carbonyl (C=O) groups excluding carboxylic acids is 1. The molecule has 1 saturated carbocycles. The zero-order valence-electron chi connectivity index (χ0n) is 14.8. The van der Waals surface area contributed by atoms with Gasteiger partial charge in [0.25, 0.3) is 0 Å². The summed E-state index contributed by atoms with van der Waals surface area (Å²) in [7, 11) is 1.64. The average molecular weight is 342 g/mol. The molecule has 0 spiro atoms. The molecule has 4 rings (SSSR count). The van der Waals surface area contributed by atoms with Gasteiger partial charge in [0.05, 0.1) is 7.11 Å². The van der Waals surface area contributed by atoms with E-state index in [1.165, 1.54) is 25.7 Å². The predicted molar refractivity (Wildman–Crippen MR) is 96.4 cm³/mol. The number of nitrogens with zero attached hydrogens (tertiary/aromatic N) is 1. The largest absolute Gasteiger partial charge is 0.493 e. The fourth-order valence-electron chi connectivity index (χ4n) is 4.34. The maximum Gasteiger partial charge on any atom is 0.190 e. The molecule has 1 saturated heterocycles. The molecule has 1 aromatic rings. The Labute approximate surface area is 149 Å². The molecule has 25 heavy (non-hydrogen) atoms. The molecule has 1 aromatic carbocycles. The summed E-state index contributed by atoms with van der Waals surface area (Å²) in [6.45, 7) is 2.67. The number of nitrogens with one attached hydrogen (secondary N) is 1. The van der Waals surface area contributed by atoms with E-state index in [9.17, 15) is 4.79 Å². The van der Waals surface area contributed by atoms with Gasteiger partial charge in [-0.15, -0.1) is 0 Å². The third-order valence-electron chi connectivity index (χ3n) is 5.69. The van der Waals surface area contributed by atoms with E-state index in [0.717, 1.165) is 43.6 Å². The number of hydrogen-bond acceptors (Lipinski definition) is 5. The van der Waals surface area contributed by atoms with E-state index in [1.54, 1.807) is 7.11 Å². The summed E-state index contributed by atoms with van der Waals surface area (Å²) >= 11 is 0. The molecule has 2 fully saturated rings. The number of methoxy groups -OCH3 is 1. The van der Waals surface area contributed by atoms with E-state index in [4.69, 9.17) is 9.47 Å².